The summed E-state index contributed by atoms with van der Waals surface area (Å²) in [5.74, 6) is -0.348. The van der Waals surface area contributed by atoms with E-state index in [4.69, 9.17) is 16.7 Å². The molecule has 0 atom stereocenters. The first-order chi connectivity index (χ1) is 12.8. The zero-order valence-corrected chi connectivity index (χ0v) is 15.5. The summed E-state index contributed by atoms with van der Waals surface area (Å²) in [6, 6.07) is 17.9. The van der Waals surface area contributed by atoms with E-state index in [0.717, 1.165) is 17.4 Å². The Hall–Kier alpha value is -2.80. The lowest BCUT2D eigenvalue weighted by atomic mass is 9.99. The Bertz CT molecular complexity index is 1120. The van der Waals surface area contributed by atoms with Crippen LogP contribution in [0.15, 0.2) is 71.6 Å². The van der Waals surface area contributed by atoms with Crippen LogP contribution in [0.2, 0.25) is 5.02 Å². The largest absolute Gasteiger partial charge is 0.298 e. The molecule has 0 unspecified atom stereocenters. The van der Waals surface area contributed by atoms with E-state index in [-0.39, 0.29) is 21.3 Å². The summed E-state index contributed by atoms with van der Waals surface area (Å²) < 4.78 is 23.1. The highest BCUT2D eigenvalue weighted by atomic mass is 35.5. The minimum Gasteiger partial charge on any atom is -0.298 e. The Kier molecular flexibility index (Phi) is 5.23. The SMILES string of the molecule is NS(=O)(=O)c1cc(C(=O)c2ccc(-c3ccc(C=O)cc3)cc2)ccc1Cl. The van der Waals surface area contributed by atoms with Gasteiger partial charge in [0.2, 0.25) is 10.0 Å². The molecule has 0 saturated heterocycles. The van der Waals surface area contributed by atoms with Gasteiger partial charge in [0.1, 0.15) is 11.2 Å². The maximum Gasteiger partial charge on any atom is 0.239 e. The molecular formula is C20H14ClNO4S. The molecule has 2 N–H and O–H groups in total. The van der Waals surface area contributed by atoms with E-state index in [9.17, 15) is 18.0 Å². The van der Waals surface area contributed by atoms with Gasteiger partial charge in [0, 0.05) is 16.7 Å². The number of benzene rings is 3. The van der Waals surface area contributed by atoms with Crippen LogP contribution in [-0.4, -0.2) is 20.5 Å². The molecule has 3 aromatic carbocycles. The van der Waals surface area contributed by atoms with Gasteiger partial charge in [0.25, 0.3) is 0 Å². The summed E-state index contributed by atoms with van der Waals surface area (Å²) in [6.07, 6.45) is 0.771. The predicted octanol–water partition coefficient (Wildman–Crippen LogP) is 3.70. The number of ketones is 1. The third-order valence-corrected chi connectivity index (χ3v) is 5.42. The molecule has 0 fully saturated rings. The number of hydrogen-bond donors (Lipinski definition) is 1. The highest BCUT2D eigenvalue weighted by Gasteiger charge is 2.17. The van der Waals surface area contributed by atoms with Crippen LogP contribution < -0.4 is 5.14 Å². The molecule has 27 heavy (non-hydrogen) atoms. The fraction of sp³-hybridized carbons (Fsp3) is 0. The molecule has 0 aromatic heterocycles. The quantitative estimate of drug-likeness (QED) is 0.522. The van der Waals surface area contributed by atoms with Crippen molar-refractivity contribution in [1.82, 2.24) is 0 Å². The normalized spacial score (nSPS) is 11.2. The minimum atomic E-state index is -4.03. The fourth-order valence-electron chi connectivity index (χ4n) is 2.60. The second kappa shape index (κ2) is 7.44. The molecule has 136 valence electrons. The molecule has 0 amide bonds. The van der Waals surface area contributed by atoms with Gasteiger partial charge in [0.15, 0.2) is 5.78 Å². The molecule has 0 heterocycles. The highest BCUT2D eigenvalue weighted by Crippen LogP contribution is 2.24. The molecule has 0 aliphatic carbocycles. The van der Waals surface area contributed by atoms with Crippen LogP contribution in [0.25, 0.3) is 11.1 Å². The highest BCUT2D eigenvalue weighted by molar-refractivity contribution is 7.89. The van der Waals surface area contributed by atoms with Gasteiger partial charge < -0.3 is 0 Å². The number of sulfonamides is 1. The second-order valence-corrected chi connectivity index (χ2v) is 7.77. The van der Waals surface area contributed by atoms with Gasteiger partial charge in [0.05, 0.1) is 5.02 Å². The Morgan fingerprint density at radius 3 is 1.89 bits per heavy atom. The number of carbonyl (C=O) groups is 2. The van der Waals surface area contributed by atoms with Crippen LogP contribution >= 0.6 is 11.6 Å². The van der Waals surface area contributed by atoms with E-state index in [2.05, 4.69) is 0 Å². The molecule has 3 rings (SSSR count). The van der Waals surface area contributed by atoms with Gasteiger partial charge in [-0.15, -0.1) is 0 Å². The molecule has 3 aromatic rings. The van der Waals surface area contributed by atoms with Gasteiger partial charge in [-0.05, 0) is 29.3 Å². The van der Waals surface area contributed by atoms with Gasteiger partial charge in [-0.2, -0.15) is 0 Å². The van der Waals surface area contributed by atoms with Crippen molar-refractivity contribution < 1.29 is 18.0 Å². The van der Waals surface area contributed by atoms with Crippen molar-refractivity contribution in [2.75, 3.05) is 0 Å². The summed E-state index contributed by atoms with van der Waals surface area (Å²) in [5, 5.41) is 5.09. The van der Waals surface area contributed by atoms with E-state index >= 15 is 0 Å². The first-order valence-corrected chi connectivity index (χ1v) is 9.75. The summed E-state index contributed by atoms with van der Waals surface area (Å²) >= 11 is 5.85. The van der Waals surface area contributed by atoms with E-state index in [1.807, 2.05) is 12.1 Å². The van der Waals surface area contributed by atoms with Crippen LogP contribution in [0, 0.1) is 0 Å². The van der Waals surface area contributed by atoms with Crippen molar-refractivity contribution in [1.29, 1.82) is 0 Å². The van der Waals surface area contributed by atoms with Crippen LogP contribution in [0.5, 0.6) is 0 Å². The summed E-state index contributed by atoms with van der Waals surface area (Å²) in [4.78, 5) is 23.1. The minimum absolute atomic E-state index is 0.0387. The molecule has 0 aliphatic rings. The maximum absolute atomic E-state index is 12.7. The van der Waals surface area contributed by atoms with E-state index in [1.165, 1.54) is 18.2 Å². The standard InChI is InChI=1S/C20H14ClNO4S/c21-18-10-9-17(11-19(18)27(22,25)26)20(24)16-7-5-15(6-8-16)14-3-1-13(12-23)2-4-14/h1-12H,(H2,22,25,26). The van der Waals surface area contributed by atoms with E-state index in [0.29, 0.717) is 11.1 Å². The summed E-state index contributed by atoms with van der Waals surface area (Å²) in [6.45, 7) is 0. The molecular weight excluding hydrogens is 386 g/mol. The third kappa shape index (κ3) is 4.14. The van der Waals surface area contributed by atoms with Crippen LogP contribution in [-0.2, 0) is 10.0 Å². The first-order valence-electron chi connectivity index (χ1n) is 7.82. The lowest BCUT2D eigenvalue weighted by molar-refractivity contribution is 0.103. The molecule has 0 radical (unpaired) electrons. The smallest absolute Gasteiger partial charge is 0.239 e. The van der Waals surface area contributed by atoms with Crippen molar-refractivity contribution in [3.8, 4) is 11.1 Å². The Labute approximate surface area is 161 Å². The molecule has 7 heteroatoms. The predicted molar refractivity (Wildman–Crippen MR) is 104 cm³/mol. The zero-order chi connectivity index (χ0) is 19.6. The number of primary sulfonamides is 1. The second-order valence-electron chi connectivity index (χ2n) is 5.84. The lowest BCUT2D eigenvalue weighted by Gasteiger charge is -2.07. The summed E-state index contributed by atoms with van der Waals surface area (Å²) in [5.41, 5.74) is 2.93. The topological polar surface area (TPSA) is 94.3 Å². The number of hydrogen-bond acceptors (Lipinski definition) is 4. The van der Waals surface area contributed by atoms with Crippen molar-refractivity contribution in [2.45, 2.75) is 4.90 Å². The van der Waals surface area contributed by atoms with E-state index in [1.54, 1.807) is 36.4 Å². The Morgan fingerprint density at radius 2 is 1.37 bits per heavy atom. The monoisotopic (exact) mass is 399 g/mol. The van der Waals surface area contributed by atoms with Crippen molar-refractivity contribution in [3.63, 3.8) is 0 Å². The molecule has 0 aliphatic heterocycles. The lowest BCUT2D eigenvalue weighted by Crippen LogP contribution is -2.14. The summed E-state index contributed by atoms with van der Waals surface area (Å²) in [7, 11) is -4.03. The number of rotatable bonds is 5. The van der Waals surface area contributed by atoms with Crippen molar-refractivity contribution in [2.24, 2.45) is 5.14 Å². The average Bonchev–Trinajstić information content (AvgIpc) is 2.67. The van der Waals surface area contributed by atoms with E-state index < -0.39 is 10.0 Å². The van der Waals surface area contributed by atoms with Gasteiger partial charge in [-0.3, -0.25) is 9.59 Å². The number of aldehydes is 1. The zero-order valence-electron chi connectivity index (χ0n) is 13.9. The van der Waals surface area contributed by atoms with Crippen LogP contribution in [0.3, 0.4) is 0 Å². The Morgan fingerprint density at radius 1 is 0.852 bits per heavy atom. The Balaban J connectivity index is 1.91. The molecule has 5 nitrogen and oxygen atoms in total. The fourth-order valence-corrected chi connectivity index (χ4v) is 3.67. The van der Waals surface area contributed by atoms with Gasteiger partial charge in [-0.25, -0.2) is 13.6 Å². The van der Waals surface area contributed by atoms with Crippen molar-refractivity contribution in [3.05, 3.63) is 88.4 Å². The number of halogens is 1. The first kappa shape index (κ1) is 19.0. The molecule has 0 spiro atoms. The number of nitrogens with two attached hydrogens (primary N) is 1. The van der Waals surface area contributed by atoms with Crippen LogP contribution in [0.4, 0.5) is 0 Å². The molecule has 0 saturated carbocycles. The maximum atomic E-state index is 12.7. The van der Waals surface area contributed by atoms with Gasteiger partial charge >= 0.3 is 0 Å². The molecule has 0 bridgehead atoms. The van der Waals surface area contributed by atoms with Crippen LogP contribution in [0.1, 0.15) is 26.3 Å². The van der Waals surface area contributed by atoms with Crippen molar-refractivity contribution >= 4 is 33.7 Å². The third-order valence-electron chi connectivity index (χ3n) is 4.03. The average molecular weight is 400 g/mol. The van der Waals surface area contributed by atoms with Gasteiger partial charge in [-0.1, -0.05) is 60.1 Å². The number of carbonyl (C=O) groups excluding carboxylic acids is 2.